The number of hydrogen-bond acceptors (Lipinski definition) is 2. The minimum absolute atomic E-state index is 0.417. The minimum Gasteiger partial charge on any atom is -0.384 e. The average molecular weight is 385 g/mol. The molecule has 0 amide bonds. The summed E-state index contributed by atoms with van der Waals surface area (Å²) < 4.78 is 2.00. The average Bonchev–Trinajstić information content (AvgIpc) is 3.09. The number of benzene rings is 2. The maximum Gasteiger partial charge on any atom is 0.105 e. The van der Waals surface area contributed by atoms with Crippen molar-refractivity contribution in [1.29, 1.82) is 0 Å². The Morgan fingerprint density at radius 1 is 1.15 bits per heavy atom. The van der Waals surface area contributed by atoms with Crippen molar-refractivity contribution < 1.29 is 5.11 Å². The Kier molecular flexibility index (Phi) is 5.62. The highest BCUT2D eigenvalue weighted by Crippen LogP contribution is 2.29. The Hall–Kier alpha value is -2.33. The fourth-order valence-corrected chi connectivity index (χ4v) is 3.01. The third-order valence-electron chi connectivity index (χ3n) is 4.12. The van der Waals surface area contributed by atoms with Gasteiger partial charge < -0.3 is 5.11 Å². The zero-order chi connectivity index (χ0) is 18.7. The molecule has 0 aliphatic carbocycles. The fraction of sp³-hybridized carbons (Fsp3) is 0.0952. The molecule has 0 aliphatic heterocycles. The molecule has 26 heavy (non-hydrogen) atoms. The summed E-state index contributed by atoms with van der Waals surface area (Å²) in [6.45, 7) is 5.33. The van der Waals surface area contributed by atoms with Gasteiger partial charge in [0.15, 0.2) is 0 Å². The minimum atomic E-state index is -0.880. The number of rotatable bonds is 5. The maximum atomic E-state index is 10.7. The molecule has 1 N–H and O–H groups in total. The second kappa shape index (κ2) is 7.92. The van der Waals surface area contributed by atoms with Gasteiger partial charge in [0.2, 0.25) is 0 Å². The van der Waals surface area contributed by atoms with Crippen LogP contribution in [0.15, 0.2) is 89.2 Å². The van der Waals surface area contributed by atoms with Crippen LogP contribution in [-0.4, -0.2) is 14.7 Å². The van der Waals surface area contributed by atoms with Gasteiger partial charge in [-0.1, -0.05) is 60.1 Å². The number of aliphatic hydroxyl groups excluding tert-OH is 1. The van der Waals surface area contributed by atoms with Gasteiger partial charge in [-0.15, -0.1) is 0 Å². The molecule has 0 aliphatic rings. The van der Waals surface area contributed by atoms with Crippen molar-refractivity contribution in [3.63, 3.8) is 0 Å². The van der Waals surface area contributed by atoms with Crippen LogP contribution >= 0.6 is 23.2 Å². The standard InChI is InChI=1S/C21H18Cl2N2O/c1-3-16(23)12-18(14(2)22)21(26)15-8-10-17(11-9-15)25-13-24-19-6-4-5-7-20(19)25/h3-13,21,26H,1H2,2H3/b16-12+,18-14-. The number of fused-ring (bicyclic) bond motifs is 1. The van der Waals surface area contributed by atoms with E-state index in [0.717, 1.165) is 22.3 Å². The van der Waals surface area contributed by atoms with Crippen LogP contribution in [0.5, 0.6) is 0 Å². The molecule has 1 aromatic heterocycles. The highest BCUT2D eigenvalue weighted by Gasteiger charge is 2.15. The molecule has 0 saturated heterocycles. The molecule has 3 rings (SSSR count). The molecule has 5 heteroatoms. The monoisotopic (exact) mass is 384 g/mol. The van der Waals surface area contributed by atoms with Crippen molar-refractivity contribution in [3.8, 4) is 5.69 Å². The van der Waals surface area contributed by atoms with E-state index >= 15 is 0 Å². The lowest BCUT2D eigenvalue weighted by Crippen LogP contribution is -2.02. The summed E-state index contributed by atoms with van der Waals surface area (Å²) in [6, 6.07) is 15.5. The summed E-state index contributed by atoms with van der Waals surface area (Å²) in [5.41, 5.74) is 4.18. The van der Waals surface area contributed by atoms with Crippen molar-refractivity contribution in [1.82, 2.24) is 9.55 Å². The first-order valence-corrected chi connectivity index (χ1v) is 8.83. The molecule has 1 unspecified atom stereocenters. The van der Waals surface area contributed by atoms with E-state index in [0.29, 0.717) is 15.6 Å². The van der Waals surface area contributed by atoms with Crippen LogP contribution < -0.4 is 0 Å². The summed E-state index contributed by atoms with van der Waals surface area (Å²) in [7, 11) is 0. The molecule has 1 heterocycles. The van der Waals surface area contributed by atoms with E-state index in [-0.39, 0.29) is 0 Å². The Balaban J connectivity index is 1.94. The summed E-state index contributed by atoms with van der Waals surface area (Å²) in [5.74, 6) is 0. The molecule has 1 atom stereocenters. The van der Waals surface area contributed by atoms with Gasteiger partial charge in [-0.2, -0.15) is 0 Å². The van der Waals surface area contributed by atoms with E-state index in [2.05, 4.69) is 11.6 Å². The highest BCUT2D eigenvalue weighted by atomic mass is 35.5. The van der Waals surface area contributed by atoms with Crippen LogP contribution in [-0.2, 0) is 0 Å². The van der Waals surface area contributed by atoms with E-state index in [1.807, 2.05) is 53.1 Å². The third-order valence-corrected chi connectivity index (χ3v) is 4.60. The Labute approximate surface area is 162 Å². The van der Waals surface area contributed by atoms with Gasteiger partial charge >= 0.3 is 0 Å². The first-order chi connectivity index (χ1) is 12.5. The summed E-state index contributed by atoms with van der Waals surface area (Å²) >= 11 is 12.1. The molecule has 0 bridgehead atoms. The second-order valence-electron chi connectivity index (χ2n) is 5.82. The number of para-hydroxylation sites is 2. The summed E-state index contributed by atoms with van der Waals surface area (Å²) in [6.07, 6.45) is 4.03. The van der Waals surface area contributed by atoms with Gasteiger partial charge in [0.25, 0.3) is 0 Å². The number of allylic oxidation sites excluding steroid dienone is 3. The molecule has 3 nitrogen and oxygen atoms in total. The van der Waals surface area contributed by atoms with Gasteiger partial charge in [0, 0.05) is 21.3 Å². The van der Waals surface area contributed by atoms with Crippen LogP contribution in [0, 0.1) is 0 Å². The largest absolute Gasteiger partial charge is 0.384 e. The molecule has 0 fully saturated rings. The lowest BCUT2D eigenvalue weighted by molar-refractivity contribution is 0.219. The smallest absolute Gasteiger partial charge is 0.105 e. The number of nitrogens with zero attached hydrogens (tertiary/aromatic N) is 2. The predicted octanol–water partition coefficient (Wildman–Crippen LogP) is 5.88. The van der Waals surface area contributed by atoms with E-state index < -0.39 is 6.10 Å². The van der Waals surface area contributed by atoms with Crippen molar-refractivity contribution in [2.24, 2.45) is 0 Å². The first-order valence-electron chi connectivity index (χ1n) is 8.07. The van der Waals surface area contributed by atoms with Crippen molar-refractivity contribution >= 4 is 34.2 Å². The zero-order valence-corrected chi connectivity index (χ0v) is 15.7. The molecule has 0 radical (unpaired) electrons. The molecule has 0 spiro atoms. The van der Waals surface area contributed by atoms with Crippen molar-refractivity contribution in [3.05, 3.63) is 94.8 Å². The van der Waals surface area contributed by atoms with Crippen LogP contribution in [0.4, 0.5) is 0 Å². The fourth-order valence-electron chi connectivity index (χ4n) is 2.74. The third kappa shape index (κ3) is 3.75. The normalized spacial score (nSPS) is 14.2. The number of hydrogen-bond donors (Lipinski definition) is 1. The topological polar surface area (TPSA) is 38.0 Å². The van der Waals surface area contributed by atoms with Gasteiger partial charge in [-0.25, -0.2) is 4.98 Å². The predicted molar refractivity (Wildman–Crippen MR) is 109 cm³/mol. The summed E-state index contributed by atoms with van der Waals surface area (Å²) in [4.78, 5) is 4.40. The van der Waals surface area contributed by atoms with Gasteiger partial charge in [-0.3, -0.25) is 4.57 Å². The van der Waals surface area contributed by atoms with Gasteiger partial charge in [0.1, 0.15) is 12.4 Å². The van der Waals surface area contributed by atoms with Crippen LogP contribution in [0.1, 0.15) is 18.6 Å². The van der Waals surface area contributed by atoms with Crippen LogP contribution in [0.25, 0.3) is 16.7 Å². The molecule has 3 aromatic rings. The number of aromatic nitrogens is 2. The number of aliphatic hydroxyl groups is 1. The molecular formula is C21H18Cl2N2O. The Morgan fingerprint density at radius 3 is 2.50 bits per heavy atom. The molecular weight excluding hydrogens is 367 g/mol. The van der Waals surface area contributed by atoms with E-state index in [4.69, 9.17) is 23.2 Å². The van der Waals surface area contributed by atoms with E-state index in [9.17, 15) is 5.11 Å². The molecule has 132 valence electrons. The van der Waals surface area contributed by atoms with E-state index in [1.54, 1.807) is 19.3 Å². The zero-order valence-electron chi connectivity index (χ0n) is 14.2. The molecule has 0 saturated carbocycles. The Bertz CT molecular complexity index is 996. The van der Waals surface area contributed by atoms with Gasteiger partial charge in [-0.05, 0) is 42.8 Å². The SMILES string of the molecule is C=C/C(Cl)=C\C(=C(/C)Cl)C(O)c1ccc(-n2cnc3ccccc32)cc1. The number of halogens is 2. The molecule has 2 aromatic carbocycles. The first kappa shape index (κ1) is 18.5. The second-order valence-corrected chi connectivity index (χ2v) is 6.82. The number of imidazole rings is 1. The summed E-state index contributed by atoms with van der Waals surface area (Å²) in [5, 5.41) is 11.6. The highest BCUT2D eigenvalue weighted by molar-refractivity contribution is 6.32. The Morgan fingerprint density at radius 2 is 1.85 bits per heavy atom. The van der Waals surface area contributed by atoms with E-state index in [1.165, 1.54) is 6.08 Å². The van der Waals surface area contributed by atoms with Crippen LogP contribution in [0.2, 0.25) is 0 Å². The van der Waals surface area contributed by atoms with Crippen molar-refractivity contribution in [2.75, 3.05) is 0 Å². The lowest BCUT2D eigenvalue weighted by atomic mass is 10.0. The van der Waals surface area contributed by atoms with Crippen LogP contribution in [0.3, 0.4) is 0 Å². The maximum absolute atomic E-state index is 10.7. The van der Waals surface area contributed by atoms with Crippen molar-refractivity contribution in [2.45, 2.75) is 13.0 Å². The quantitative estimate of drug-likeness (QED) is 0.557. The van der Waals surface area contributed by atoms with Gasteiger partial charge in [0.05, 0.1) is 11.0 Å². The lowest BCUT2D eigenvalue weighted by Gasteiger charge is -2.15.